The van der Waals surface area contributed by atoms with E-state index >= 15 is 0 Å². The van der Waals surface area contributed by atoms with Gasteiger partial charge in [-0.3, -0.25) is 9.67 Å². The first kappa shape index (κ1) is 10.7. The lowest BCUT2D eigenvalue weighted by Gasteiger charge is -2.21. The molecule has 1 heterocycles. The van der Waals surface area contributed by atoms with Gasteiger partial charge in [0.1, 0.15) is 0 Å². The van der Waals surface area contributed by atoms with Crippen LogP contribution in [-0.2, 0) is 6.54 Å². The van der Waals surface area contributed by atoms with Crippen molar-refractivity contribution >= 4 is 12.2 Å². The van der Waals surface area contributed by atoms with Gasteiger partial charge in [0.15, 0.2) is 4.77 Å². The summed E-state index contributed by atoms with van der Waals surface area (Å²) in [6, 6.07) is 0. The normalized spacial score (nSPS) is 18.1. The van der Waals surface area contributed by atoms with Crippen LogP contribution in [0.5, 0.6) is 0 Å². The van der Waals surface area contributed by atoms with Gasteiger partial charge in [-0.05, 0) is 24.6 Å². The van der Waals surface area contributed by atoms with Crippen LogP contribution in [-0.4, -0.2) is 14.8 Å². The molecule has 84 valence electrons. The van der Waals surface area contributed by atoms with Gasteiger partial charge in [-0.1, -0.05) is 32.1 Å². The predicted molar refractivity (Wildman–Crippen MR) is 61.4 cm³/mol. The van der Waals surface area contributed by atoms with Gasteiger partial charge >= 0.3 is 5.69 Å². The molecule has 1 aliphatic carbocycles. The van der Waals surface area contributed by atoms with Gasteiger partial charge < -0.3 is 0 Å². The Hall–Kier alpha value is -0.840. The van der Waals surface area contributed by atoms with Crippen molar-refractivity contribution in [3.05, 3.63) is 15.3 Å². The summed E-state index contributed by atoms with van der Waals surface area (Å²) in [6.07, 6.45) is 7.78. The molecular formula is C10H17N3OS. The number of hydrogen-bond donors (Lipinski definition) is 2. The fourth-order valence-corrected chi connectivity index (χ4v) is 2.55. The SMILES string of the molecule is O=c1[nH][nH]c(=S)n1CCC1CCCCC1. The summed E-state index contributed by atoms with van der Waals surface area (Å²) in [5, 5.41) is 5.17. The van der Waals surface area contributed by atoms with Crippen molar-refractivity contribution in [2.45, 2.75) is 45.1 Å². The molecule has 0 amide bonds. The van der Waals surface area contributed by atoms with Crippen LogP contribution in [0.25, 0.3) is 0 Å². The van der Waals surface area contributed by atoms with Crippen molar-refractivity contribution in [1.29, 1.82) is 0 Å². The Morgan fingerprint density at radius 3 is 2.60 bits per heavy atom. The predicted octanol–water partition coefficient (Wildman–Crippen LogP) is 2.20. The Morgan fingerprint density at radius 1 is 1.27 bits per heavy atom. The minimum absolute atomic E-state index is 0.115. The quantitative estimate of drug-likeness (QED) is 0.778. The van der Waals surface area contributed by atoms with Crippen molar-refractivity contribution in [3.63, 3.8) is 0 Å². The molecule has 2 rings (SSSR count). The summed E-state index contributed by atoms with van der Waals surface area (Å²) in [4.78, 5) is 11.3. The number of nitrogens with zero attached hydrogens (tertiary/aromatic N) is 1. The molecule has 0 unspecified atom stereocenters. The summed E-state index contributed by atoms with van der Waals surface area (Å²) in [6.45, 7) is 0.752. The van der Waals surface area contributed by atoms with Crippen molar-refractivity contribution in [3.8, 4) is 0 Å². The Labute approximate surface area is 93.7 Å². The smallest absolute Gasteiger partial charge is 0.272 e. The molecule has 1 aliphatic rings. The second-order valence-corrected chi connectivity index (χ2v) is 4.69. The third kappa shape index (κ3) is 2.59. The van der Waals surface area contributed by atoms with E-state index in [1.807, 2.05) is 0 Å². The first-order valence-electron chi connectivity index (χ1n) is 5.65. The highest BCUT2D eigenvalue weighted by Crippen LogP contribution is 2.26. The molecule has 0 aromatic carbocycles. The van der Waals surface area contributed by atoms with Gasteiger partial charge in [0.2, 0.25) is 0 Å². The Balaban J connectivity index is 1.92. The molecule has 5 heteroatoms. The van der Waals surface area contributed by atoms with Crippen LogP contribution in [0.1, 0.15) is 38.5 Å². The molecule has 2 N–H and O–H groups in total. The van der Waals surface area contributed by atoms with E-state index in [0.717, 1.165) is 18.9 Å². The highest BCUT2D eigenvalue weighted by molar-refractivity contribution is 7.71. The summed E-state index contributed by atoms with van der Waals surface area (Å²) in [7, 11) is 0. The Morgan fingerprint density at radius 2 is 2.00 bits per heavy atom. The van der Waals surface area contributed by atoms with Gasteiger partial charge in [0.25, 0.3) is 0 Å². The molecule has 1 aromatic heterocycles. The summed E-state index contributed by atoms with van der Waals surface area (Å²) in [5.41, 5.74) is -0.115. The van der Waals surface area contributed by atoms with Gasteiger partial charge in [-0.2, -0.15) is 0 Å². The third-order valence-corrected chi connectivity index (χ3v) is 3.57. The van der Waals surface area contributed by atoms with Gasteiger partial charge in [-0.15, -0.1) is 0 Å². The van der Waals surface area contributed by atoms with Crippen molar-refractivity contribution in [1.82, 2.24) is 14.8 Å². The number of aromatic amines is 2. The molecule has 4 nitrogen and oxygen atoms in total. The van der Waals surface area contributed by atoms with Crippen molar-refractivity contribution in [2.75, 3.05) is 0 Å². The van der Waals surface area contributed by atoms with Crippen molar-refractivity contribution < 1.29 is 0 Å². The van der Waals surface area contributed by atoms with E-state index in [-0.39, 0.29) is 5.69 Å². The molecule has 0 spiro atoms. The first-order valence-corrected chi connectivity index (χ1v) is 6.05. The number of rotatable bonds is 3. The summed E-state index contributed by atoms with van der Waals surface area (Å²) in [5.74, 6) is 0.787. The maximum absolute atomic E-state index is 11.3. The molecule has 15 heavy (non-hydrogen) atoms. The fourth-order valence-electron chi connectivity index (χ4n) is 2.32. The molecule has 0 radical (unpaired) electrons. The molecule has 0 bridgehead atoms. The van der Waals surface area contributed by atoms with E-state index in [1.165, 1.54) is 32.1 Å². The zero-order chi connectivity index (χ0) is 10.7. The molecule has 1 aromatic rings. The zero-order valence-electron chi connectivity index (χ0n) is 8.79. The maximum atomic E-state index is 11.3. The van der Waals surface area contributed by atoms with Crippen LogP contribution in [0, 0.1) is 10.7 Å². The van der Waals surface area contributed by atoms with Crippen LogP contribution in [0.2, 0.25) is 0 Å². The molecule has 1 saturated carbocycles. The summed E-state index contributed by atoms with van der Waals surface area (Å²) < 4.78 is 2.13. The highest BCUT2D eigenvalue weighted by Gasteiger charge is 2.13. The monoisotopic (exact) mass is 227 g/mol. The lowest BCUT2D eigenvalue weighted by atomic mass is 9.87. The van der Waals surface area contributed by atoms with E-state index in [9.17, 15) is 4.79 Å². The lowest BCUT2D eigenvalue weighted by molar-refractivity contribution is 0.322. The number of H-pyrrole nitrogens is 2. The topological polar surface area (TPSA) is 53.6 Å². The molecule has 0 saturated heterocycles. The fraction of sp³-hybridized carbons (Fsp3) is 0.800. The lowest BCUT2D eigenvalue weighted by Crippen LogP contribution is -2.19. The van der Waals surface area contributed by atoms with Crippen LogP contribution in [0.15, 0.2) is 4.79 Å². The van der Waals surface area contributed by atoms with E-state index in [0.29, 0.717) is 4.77 Å². The van der Waals surface area contributed by atoms with Gasteiger partial charge in [-0.25, -0.2) is 9.89 Å². The van der Waals surface area contributed by atoms with Gasteiger partial charge in [0.05, 0.1) is 0 Å². The van der Waals surface area contributed by atoms with Crippen molar-refractivity contribution in [2.24, 2.45) is 5.92 Å². The minimum Gasteiger partial charge on any atom is -0.272 e. The van der Waals surface area contributed by atoms with Crippen LogP contribution >= 0.6 is 12.2 Å². The molecular weight excluding hydrogens is 210 g/mol. The van der Waals surface area contributed by atoms with E-state index in [1.54, 1.807) is 4.57 Å². The second kappa shape index (κ2) is 4.79. The number of hydrogen-bond acceptors (Lipinski definition) is 2. The largest absolute Gasteiger partial charge is 0.342 e. The van der Waals surface area contributed by atoms with Crippen LogP contribution in [0.3, 0.4) is 0 Å². The van der Waals surface area contributed by atoms with Crippen LogP contribution in [0.4, 0.5) is 0 Å². The zero-order valence-corrected chi connectivity index (χ0v) is 9.61. The number of aromatic nitrogens is 3. The minimum atomic E-state index is -0.115. The Kier molecular flexibility index (Phi) is 3.41. The van der Waals surface area contributed by atoms with E-state index in [4.69, 9.17) is 12.2 Å². The van der Waals surface area contributed by atoms with Crippen LogP contribution < -0.4 is 5.69 Å². The second-order valence-electron chi connectivity index (χ2n) is 4.30. The number of nitrogens with one attached hydrogen (secondary N) is 2. The summed E-state index contributed by atoms with van der Waals surface area (Å²) >= 11 is 5.02. The average molecular weight is 227 g/mol. The van der Waals surface area contributed by atoms with E-state index < -0.39 is 0 Å². The first-order chi connectivity index (χ1) is 7.27. The Bertz CT molecular complexity index is 383. The highest BCUT2D eigenvalue weighted by atomic mass is 32.1. The average Bonchev–Trinajstić information content (AvgIpc) is 2.58. The third-order valence-electron chi connectivity index (χ3n) is 3.25. The standard InChI is InChI=1S/C10H17N3OS/c14-9-11-12-10(15)13(9)7-6-8-4-2-1-3-5-8/h8H,1-7H2,(H,11,14)(H,12,15). The van der Waals surface area contributed by atoms with Gasteiger partial charge in [0, 0.05) is 6.54 Å². The molecule has 0 aliphatic heterocycles. The maximum Gasteiger partial charge on any atom is 0.342 e. The molecule has 0 atom stereocenters. The van der Waals surface area contributed by atoms with E-state index in [2.05, 4.69) is 10.2 Å². The molecule has 1 fully saturated rings.